The highest BCUT2D eigenvalue weighted by Crippen LogP contribution is 2.42. The molecule has 1 aromatic carbocycles. The number of para-hydroxylation sites is 1. The molecule has 0 saturated heterocycles. The van der Waals surface area contributed by atoms with Crippen LogP contribution in [-0.2, 0) is 11.3 Å². The van der Waals surface area contributed by atoms with Gasteiger partial charge in [-0.1, -0.05) is 32.9 Å². The zero-order chi connectivity index (χ0) is 15.7. The summed E-state index contributed by atoms with van der Waals surface area (Å²) in [5, 5.41) is 4.07. The molecule has 22 heavy (non-hydrogen) atoms. The van der Waals surface area contributed by atoms with Gasteiger partial charge in [-0.25, -0.2) is 4.98 Å². The van der Waals surface area contributed by atoms with Crippen LogP contribution in [0.4, 0.5) is 0 Å². The number of nitrogens with one attached hydrogen (secondary N) is 1. The molecule has 1 aliphatic carbocycles. The molecule has 1 aliphatic rings. The summed E-state index contributed by atoms with van der Waals surface area (Å²) in [6.45, 7) is 7.38. The van der Waals surface area contributed by atoms with Gasteiger partial charge in [0, 0.05) is 5.92 Å². The van der Waals surface area contributed by atoms with Gasteiger partial charge >= 0.3 is 0 Å². The number of hydrogen-bond donors (Lipinski definition) is 1. The van der Waals surface area contributed by atoms with Crippen LogP contribution in [0.2, 0.25) is 0 Å². The molecule has 0 bridgehead atoms. The van der Waals surface area contributed by atoms with Crippen LogP contribution >= 0.6 is 11.3 Å². The van der Waals surface area contributed by atoms with Gasteiger partial charge in [-0.05, 0) is 42.7 Å². The molecule has 2 atom stereocenters. The van der Waals surface area contributed by atoms with Gasteiger partial charge < -0.3 is 5.32 Å². The van der Waals surface area contributed by atoms with E-state index in [1.54, 1.807) is 11.3 Å². The summed E-state index contributed by atoms with van der Waals surface area (Å²) in [5.74, 6) is 1.04. The molecular weight excluding hydrogens is 292 g/mol. The maximum absolute atomic E-state index is 12.4. The fourth-order valence-corrected chi connectivity index (χ4v) is 4.22. The van der Waals surface area contributed by atoms with Crippen molar-refractivity contribution in [2.24, 2.45) is 17.3 Å². The Bertz CT molecular complexity index is 638. The summed E-state index contributed by atoms with van der Waals surface area (Å²) in [7, 11) is 0. The number of thiazole rings is 1. The lowest BCUT2D eigenvalue weighted by Gasteiger charge is -2.26. The number of amides is 1. The molecule has 1 saturated carbocycles. The van der Waals surface area contributed by atoms with Crippen molar-refractivity contribution in [3.8, 4) is 0 Å². The standard InChI is InChI=1S/C18H24N2OS/c1-18(2,3)13-9-8-12(10-13)17(21)19-11-16-20-14-6-4-5-7-15(14)22-16/h4-7,12-13H,8-11H2,1-3H3,(H,19,21). The summed E-state index contributed by atoms with van der Waals surface area (Å²) < 4.78 is 1.18. The van der Waals surface area contributed by atoms with Crippen LogP contribution in [0, 0.1) is 17.3 Å². The second kappa shape index (κ2) is 5.99. The number of carbonyl (C=O) groups excluding carboxylic acids is 1. The Morgan fingerprint density at radius 2 is 2.09 bits per heavy atom. The van der Waals surface area contributed by atoms with Gasteiger partial charge in [0.15, 0.2) is 0 Å². The summed E-state index contributed by atoms with van der Waals surface area (Å²) in [5.41, 5.74) is 1.33. The Labute approximate surface area is 136 Å². The van der Waals surface area contributed by atoms with E-state index in [1.165, 1.54) is 11.1 Å². The number of aromatic nitrogens is 1. The Kier molecular flexibility index (Phi) is 4.22. The number of carbonyl (C=O) groups is 1. The SMILES string of the molecule is CC(C)(C)C1CCC(C(=O)NCc2nc3ccccc3s2)C1. The highest BCUT2D eigenvalue weighted by Gasteiger charge is 2.35. The van der Waals surface area contributed by atoms with Crippen LogP contribution in [0.5, 0.6) is 0 Å². The van der Waals surface area contributed by atoms with Crippen LogP contribution < -0.4 is 5.32 Å². The van der Waals surface area contributed by atoms with Gasteiger partial charge in [0.1, 0.15) is 5.01 Å². The van der Waals surface area contributed by atoms with Crippen LogP contribution in [0.3, 0.4) is 0 Å². The molecule has 0 spiro atoms. The second-order valence-electron chi connectivity index (χ2n) is 7.37. The van der Waals surface area contributed by atoms with E-state index >= 15 is 0 Å². The second-order valence-corrected chi connectivity index (χ2v) is 8.48. The average molecular weight is 316 g/mol. The van der Waals surface area contributed by atoms with Gasteiger partial charge in [0.25, 0.3) is 0 Å². The van der Waals surface area contributed by atoms with Crippen LogP contribution in [0.15, 0.2) is 24.3 Å². The van der Waals surface area contributed by atoms with Crippen LogP contribution in [0.1, 0.15) is 45.0 Å². The molecule has 1 aromatic heterocycles. The highest BCUT2D eigenvalue weighted by atomic mass is 32.1. The summed E-state index contributed by atoms with van der Waals surface area (Å²) in [6.07, 6.45) is 3.21. The first-order chi connectivity index (χ1) is 10.4. The van der Waals surface area contributed by atoms with E-state index < -0.39 is 0 Å². The minimum absolute atomic E-state index is 0.179. The molecule has 4 heteroatoms. The molecule has 3 rings (SSSR count). The molecule has 1 amide bonds. The molecule has 3 nitrogen and oxygen atoms in total. The van der Waals surface area contributed by atoms with Crippen molar-refractivity contribution in [1.29, 1.82) is 0 Å². The van der Waals surface area contributed by atoms with Gasteiger partial charge in [0.05, 0.1) is 16.8 Å². The molecule has 0 radical (unpaired) electrons. The zero-order valence-electron chi connectivity index (χ0n) is 13.6. The maximum Gasteiger partial charge on any atom is 0.223 e. The number of nitrogens with zero attached hydrogens (tertiary/aromatic N) is 1. The lowest BCUT2D eigenvalue weighted by Crippen LogP contribution is -2.29. The predicted molar refractivity (Wildman–Crippen MR) is 91.8 cm³/mol. The van der Waals surface area contributed by atoms with E-state index in [4.69, 9.17) is 0 Å². The normalized spacial score (nSPS) is 22.1. The number of hydrogen-bond acceptors (Lipinski definition) is 3. The predicted octanol–water partition coefficient (Wildman–Crippen LogP) is 4.37. The third-order valence-electron chi connectivity index (χ3n) is 4.78. The molecule has 1 heterocycles. The average Bonchev–Trinajstić information content (AvgIpc) is 3.10. The van der Waals surface area contributed by atoms with Crippen molar-refractivity contribution in [1.82, 2.24) is 10.3 Å². The number of rotatable bonds is 3. The first-order valence-electron chi connectivity index (χ1n) is 8.05. The maximum atomic E-state index is 12.4. The third-order valence-corrected chi connectivity index (χ3v) is 5.82. The van der Waals surface area contributed by atoms with E-state index in [9.17, 15) is 4.79 Å². The molecule has 2 aromatic rings. The van der Waals surface area contributed by atoms with Gasteiger partial charge in [-0.3, -0.25) is 4.79 Å². The molecule has 118 valence electrons. The molecule has 1 N–H and O–H groups in total. The summed E-state index contributed by atoms with van der Waals surface area (Å²) in [4.78, 5) is 16.9. The molecule has 2 unspecified atom stereocenters. The Hall–Kier alpha value is -1.42. The van der Waals surface area contributed by atoms with Crippen molar-refractivity contribution >= 4 is 27.5 Å². The Balaban J connectivity index is 1.56. The summed E-state index contributed by atoms with van der Waals surface area (Å²) in [6, 6.07) is 8.11. The smallest absolute Gasteiger partial charge is 0.223 e. The van der Waals surface area contributed by atoms with Gasteiger partial charge in [-0.2, -0.15) is 0 Å². The van der Waals surface area contributed by atoms with Crippen molar-refractivity contribution in [3.63, 3.8) is 0 Å². The van der Waals surface area contributed by atoms with Gasteiger partial charge in [0.2, 0.25) is 5.91 Å². The Morgan fingerprint density at radius 1 is 1.32 bits per heavy atom. The summed E-state index contributed by atoms with van der Waals surface area (Å²) >= 11 is 1.66. The molecule has 0 aliphatic heterocycles. The first-order valence-corrected chi connectivity index (χ1v) is 8.87. The number of fused-ring (bicyclic) bond motifs is 1. The van der Waals surface area contributed by atoms with Crippen LogP contribution in [-0.4, -0.2) is 10.9 Å². The van der Waals surface area contributed by atoms with E-state index in [0.29, 0.717) is 17.9 Å². The topological polar surface area (TPSA) is 42.0 Å². The minimum Gasteiger partial charge on any atom is -0.349 e. The Morgan fingerprint density at radius 3 is 2.77 bits per heavy atom. The first kappa shape index (κ1) is 15.5. The van der Waals surface area contributed by atoms with E-state index in [0.717, 1.165) is 23.4 Å². The largest absolute Gasteiger partial charge is 0.349 e. The third kappa shape index (κ3) is 3.32. The zero-order valence-corrected chi connectivity index (χ0v) is 14.4. The molecular formula is C18H24N2OS. The lowest BCUT2D eigenvalue weighted by atomic mass is 9.79. The lowest BCUT2D eigenvalue weighted by molar-refractivity contribution is -0.125. The number of benzene rings is 1. The van der Waals surface area contributed by atoms with Crippen molar-refractivity contribution in [2.45, 2.75) is 46.6 Å². The van der Waals surface area contributed by atoms with E-state index in [2.05, 4.69) is 37.1 Å². The van der Waals surface area contributed by atoms with Crippen molar-refractivity contribution < 1.29 is 4.79 Å². The highest BCUT2D eigenvalue weighted by molar-refractivity contribution is 7.18. The minimum atomic E-state index is 0.179. The van der Waals surface area contributed by atoms with E-state index in [-0.39, 0.29) is 11.8 Å². The fourth-order valence-electron chi connectivity index (χ4n) is 3.31. The van der Waals surface area contributed by atoms with Crippen LogP contribution in [0.25, 0.3) is 10.2 Å². The molecule has 1 fully saturated rings. The monoisotopic (exact) mass is 316 g/mol. The fraction of sp³-hybridized carbons (Fsp3) is 0.556. The quantitative estimate of drug-likeness (QED) is 0.913. The van der Waals surface area contributed by atoms with Crippen molar-refractivity contribution in [2.75, 3.05) is 0 Å². The van der Waals surface area contributed by atoms with E-state index in [1.807, 2.05) is 18.2 Å². The van der Waals surface area contributed by atoms with Gasteiger partial charge in [-0.15, -0.1) is 11.3 Å². The van der Waals surface area contributed by atoms with Crippen molar-refractivity contribution in [3.05, 3.63) is 29.3 Å².